The van der Waals surface area contributed by atoms with Crippen LogP contribution in [0.3, 0.4) is 0 Å². The van der Waals surface area contributed by atoms with Crippen LogP contribution in [0.2, 0.25) is 0 Å². The Hall–Kier alpha value is -3.83. The van der Waals surface area contributed by atoms with E-state index < -0.39 is 60.9 Å². The largest absolute Gasteiger partial charge is 0.497 e. The molecule has 0 spiro atoms. The van der Waals surface area contributed by atoms with Gasteiger partial charge in [-0.15, -0.1) is 0 Å². The summed E-state index contributed by atoms with van der Waals surface area (Å²) in [5.41, 5.74) is 9.75. The molecule has 0 aliphatic carbocycles. The SMILES string of the molecule is CCC1O[C@@H](Oc2ccc(OC)cc2)C(OC(=O)c2ccccc2)[C@@H](C)[C@@H]1O[C@H]1OC(COC(C)=O)[C@@H](C)[C@H](C)C1N=[N+]=[N-]. The Morgan fingerprint density at radius 1 is 0.886 bits per heavy atom. The number of carbonyl (C=O) groups is 2. The minimum atomic E-state index is -0.965. The first-order valence-corrected chi connectivity index (χ1v) is 14.9. The number of ether oxygens (including phenoxy) is 7. The number of azide groups is 1. The normalized spacial score (nSPS) is 31.7. The maximum absolute atomic E-state index is 13.3. The lowest BCUT2D eigenvalue weighted by molar-refractivity contribution is -0.315. The fourth-order valence-corrected chi connectivity index (χ4v) is 5.60. The van der Waals surface area contributed by atoms with Crippen LogP contribution in [-0.2, 0) is 28.5 Å². The van der Waals surface area contributed by atoms with Gasteiger partial charge in [0.2, 0.25) is 6.29 Å². The quantitative estimate of drug-likeness (QED) is 0.135. The molecule has 0 bridgehead atoms. The first kappa shape index (κ1) is 33.1. The zero-order chi connectivity index (χ0) is 31.8. The standard InChI is InChI=1S/C32H41N3O9/c1-7-25-28(44-31-27(34-35-33)19(3)18(2)26(42-31)17-39-21(5)36)20(4)29(43-30(37)22-11-9-8-10-12-22)32(41-25)40-24-15-13-23(38-6)14-16-24/h8-16,18-20,25-29,31-32H,7,17H2,1-6H3/t18-,19-,20-,25?,26?,27?,28-,29?,31+,32+/m0/s1. The number of nitrogens with zero attached hydrogens (tertiary/aromatic N) is 3. The minimum absolute atomic E-state index is 0.0344. The third-order valence-electron chi connectivity index (χ3n) is 8.42. The van der Waals surface area contributed by atoms with Crippen LogP contribution in [0.25, 0.3) is 10.4 Å². The van der Waals surface area contributed by atoms with Gasteiger partial charge < -0.3 is 33.2 Å². The van der Waals surface area contributed by atoms with E-state index in [1.54, 1.807) is 55.6 Å². The lowest BCUT2D eigenvalue weighted by Gasteiger charge is -2.48. The summed E-state index contributed by atoms with van der Waals surface area (Å²) in [7, 11) is 1.58. The Balaban J connectivity index is 1.62. The molecule has 2 aromatic carbocycles. The molecule has 2 fully saturated rings. The van der Waals surface area contributed by atoms with E-state index in [9.17, 15) is 15.1 Å². The molecular formula is C32H41N3O9. The van der Waals surface area contributed by atoms with Gasteiger partial charge in [0.25, 0.3) is 0 Å². The average molecular weight is 612 g/mol. The van der Waals surface area contributed by atoms with E-state index in [-0.39, 0.29) is 18.4 Å². The number of rotatable bonds is 11. The second kappa shape index (κ2) is 15.3. The summed E-state index contributed by atoms with van der Waals surface area (Å²) >= 11 is 0. The molecule has 10 atom stereocenters. The van der Waals surface area contributed by atoms with Crippen molar-refractivity contribution in [3.63, 3.8) is 0 Å². The molecule has 2 aliphatic rings. The van der Waals surface area contributed by atoms with E-state index in [1.165, 1.54) is 6.92 Å². The number of benzene rings is 2. The van der Waals surface area contributed by atoms with Gasteiger partial charge in [-0.25, -0.2) is 4.79 Å². The van der Waals surface area contributed by atoms with Gasteiger partial charge in [-0.3, -0.25) is 4.79 Å². The molecule has 2 aromatic rings. The molecule has 2 heterocycles. The van der Waals surface area contributed by atoms with Crippen LogP contribution >= 0.6 is 0 Å². The topological polar surface area (TPSA) is 148 Å². The molecule has 12 heteroatoms. The smallest absolute Gasteiger partial charge is 0.338 e. The molecule has 0 aromatic heterocycles. The highest BCUT2D eigenvalue weighted by atomic mass is 16.7. The predicted molar refractivity (Wildman–Crippen MR) is 159 cm³/mol. The number of carbonyl (C=O) groups excluding carboxylic acids is 2. The minimum Gasteiger partial charge on any atom is -0.497 e. The highest BCUT2D eigenvalue weighted by Crippen LogP contribution is 2.39. The zero-order valence-corrected chi connectivity index (χ0v) is 25.9. The van der Waals surface area contributed by atoms with E-state index in [1.807, 2.05) is 33.8 Å². The first-order chi connectivity index (χ1) is 21.2. The lowest BCUT2D eigenvalue weighted by Crippen LogP contribution is -2.60. The molecule has 4 rings (SSSR count). The Labute approximate surface area is 257 Å². The van der Waals surface area contributed by atoms with Gasteiger partial charge in [0.1, 0.15) is 18.1 Å². The Kier molecular flexibility index (Phi) is 11.5. The zero-order valence-electron chi connectivity index (χ0n) is 25.9. The lowest BCUT2D eigenvalue weighted by atomic mass is 9.82. The van der Waals surface area contributed by atoms with Crippen LogP contribution in [0.5, 0.6) is 11.5 Å². The van der Waals surface area contributed by atoms with Gasteiger partial charge in [0.15, 0.2) is 12.4 Å². The molecule has 44 heavy (non-hydrogen) atoms. The number of methoxy groups -OCH3 is 1. The molecule has 12 nitrogen and oxygen atoms in total. The molecule has 238 valence electrons. The van der Waals surface area contributed by atoms with Crippen LogP contribution in [0.15, 0.2) is 59.7 Å². The second-order valence-corrected chi connectivity index (χ2v) is 11.2. The van der Waals surface area contributed by atoms with Crippen molar-refractivity contribution in [2.75, 3.05) is 13.7 Å². The van der Waals surface area contributed by atoms with Crippen molar-refractivity contribution < 1.29 is 42.7 Å². The highest BCUT2D eigenvalue weighted by molar-refractivity contribution is 5.89. The van der Waals surface area contributed by atoms with Crippen LogP contribution in [0.1, 0.15) is 51.4 Å². The van der Waals surface area contributed by atoms with Crippen molar-refractivity contribution >= 4 is 11.9 Å². The summed E-state index contributed by atoms with van der Waals surface area (Å²) in [4.78, 5) is 27.8. The molecule has 0 N–H and O–H groups in total. The maximum atomic E-state index is 13.3. The fourth-order valence-electron chi connectivity index (χ4n) is 5.60. The van der Waals surface area contributed by atoms with Crippen molar-refractivity contribution in [2.45, 2.75) is 84.1 Å². The number of hydrogen-bond acceptors (Lipinski definition) is 10. The third kappa shape index (κ3) is 7.81. The van der Waals surface area contributed by atoms with Gasteiger partial charge in [0.05, 0.1) is 37.0 Å². The van der Waals surface area contributed by atoms with E-state index in [0.717, 1.165) is 0 Å². The molecule has 2 aliphatic heterocycles. The summed E-state index contributed by atoms with van der Waals surface area (Å²) in [6.45, 7) is 9.13. The van der Waals surface area contributed by atoms with Gasteiger partial charge in [-0.2, -0.15) is 0 Å². The first-order valence-electron chi connectivity index (χ1n) is 14.9. The summed E-state index contributed by atoms with van der Waals surface area (Å²) in [6, 6.07) is 15.0. The van der Waals surface area contributed by atoms with Crippen LogP contribution in [0.4, 0.5) is 0 Å². The highest BCUT2D eigenvalue weighted by Gasteiger charge is 2.50. The Morgan fingerprint density at radius 3 is 2.16 bits per heavy atom. The Bertz CT molecular complexity index is 1290. The van der Waals surface area contributed by atoms with Gasteiger partial charge in [-0.1, -0.05) is 51.0 Å². The third-order valence-corrected chi connectivity index (χ3v) is 8.42. The van der Waals surface area contributed by atoms with Crippen molar-refractivity contribution in [1.29, 1.82) is 0 Å². The summed E-state index contributed by atoms with van der Waals surface area (Å²) in [5, 5.41) is 4.02. The monoisotopic (exact) mass is 611 g/mol. The average Bonchev–Trinajstić information content (AvgIpc) is 3.03. The van der Waals surface area contributed by atoms with Gasteiger partial charge >= 0.3 is 11.9 Å². The summed E-state index contributed by atoms with van der Waals surface area (Å²) in [5.74, 6) is -0.465. The second-order valence-electron chi connectivity index (χ2n) is 11.2. The maximum Gasteiger partial charge on any atom is 0.338 e. The van der Waals surface area contributed by atoms with Crippen molar-refractivity contribution in [2.24, 2.45) is 22.9 Å². The van der Waals surface area contributed by atoms with E-state index in [0.29, 0.717) is 23.5 Å². The summed E-state index contributed by atoms with van der Waals surface area (Å²) < 4.78 is 42.1. The van der Waals surface area contributed by atoms with Crippen molar-refractivity contribution in [1.82, 2.24) is 0 Å². The molecule has 4 unspecified atom stereocenters. The number of esters is 2. The molecule has 0 amide bonds. The Morgan fingerprint density at radius 2 is 1.55 bits per heavy atom. The molecule has 0 saturated carbocycles. The van der Waals surface area contributed by atoms with Gasteiger partial charge in [-0.05, 0) is 60.2 Å². The van der Waals surface area contributed by atoms with Crippen LogP contribution < -0.4 is 9.47 Å². The van der Waals surface area contributed by atoms with Crippen LogP contribution in [0, 0.1) is 17.8 Å². The molecular weight excluding hydrogens is 570 g/mol. The number of hydrogen-bond donors (Lipinski definition) is 0. The predicted octanol–water partition coefficient (Wildman–Crippen LogP) is 5.69. The van der Waals surface area contributed by atoms with E-state index in [4.69, 9.17) is 33.2 Å². The molecule has 2 saturated heterocycles. The summed E-state index contributed by atoms with van der Waals surface area (Å²) in [6.07, 6.45) is -3.87. The van der Waals surface area contributed by atoms with Crippen LogP contribution in [-0.4, -0.2) is 68.7 Å². The van der Waals surface area contributed by atoms with E-state index in [2.05, 4.69) is 10.0 Å². The van der Waals surface area contributed by atoms with Crippen molar-refractivity contribution in [3.05, 3.63) is 70.6 Å². The fraction of sp³-hybridized carbons (Fsp3) is 0.562. The van der Waals surface area contributed by atoms with Gasteiger partial charge in [0, 0.05) is 17.8 Å². The molecule has 0 radical (unpaired) electrons. The van der Waals surface area contributed by atoms with E-state index >= 15 is 0 Å². The van der Waals surface area contributed by atoms with Crippen molar-refractivity contribution in [3.8, 4) is 11.5 Å².